The van der Waals surface area contributed by atoms with E-state index in [1.54, 1.807) is 54.1 Å². The Morgan fingerprint density at radius 3 is 2.58 bits per heavy atom. The highest BCUT2D eigenvalue weighted by Crippen LogP contribution is 2.28. The maximum atomic E-state index is 12.8. The molecule has 4 amide bonds. The molecule has 170 valence electrons. The summed E-state index contributed by atoms with van der Waals surface area (Å²) in [4.78, 5) is 36.6. The first-order valence-electron chi connectivity index (χ1n) is 10.1. The molecule has 1 aliphatic heterocycles. The highest BCUT2D eigenvalue weighted by molar-refractivity contribution is 6.35. The number of rotatable bonds is 5. The second-order valence-electron chi connectivity index (χ2n) is 8.00. The first kappa shape index (κ1) is 22.8. The van der Waals surface area contributed by atoms with Gasteiger partial charge >= 0.3 is 6.03 Å². The Kier molecular flexibility index (Phi) is 5.90. The van der Waals surface area contributed by atoms with E-state index in [1.165, 1.54) is 0 Å². The Morgan fingerprint density at radius 2 is 1.91 bits per heavy atom. The van der Waals surface area contributed by atoms with Gasteiger partial charge in [0.15, 0.2) is 0 Å². The molecule has 0 radical (unpaired) electrons. The molecule has 1 saturated heterocycles. The summed E-state index contributed by atoms with van der Waals surface area (Å²) >= 11 is 12.3. The molecule has 0 saturated carbocycles. The largest absolute Gasteiger partial charge is 0.326 e. The molecular formula is C23H21Cl2N5O3. The van der Waals surface area contributed by atoms with E-state index < -0.39 is 17.5 Å². The van der Waals surface area contributed by atoms with Crippen LogP contribution in [0.25, 0.3) is 5.69 Å². The van der Waals surface area contributed by atoms with Crippen LogP contribution in [0.5, 0.6) is 0 Å². The SMILES string of the molecule is Cc1nn(-c2ccc(Cl)cc2Cl)c(C)c1CC(=O)Nc1cccc(C2(C)NC(=O)NC2=O)c1. The number of benzene rings is 2. The summed E-state index contributed by atoms with van der Waals surface area (Å²) in [6.45, 7) is 5.31. The number of halogens is 2. The minimum absolute atomic E-state index is 0.0988. The number of aromatic nitrogens is 2. The number of urea groups is 1. The second kappa shape index (κ2) is 8.53. The average Bonchev–Trinajstić information content (AvgIpc) is 3.17. The van der Waals surface area contributed by atoms with Crippen LogP contribution in [0.3, 0.4) is 0 Å². The van der Waals surface area contributed by atoms with Crippen LogP contribution in [0.4, 0.5) is 10.5 Å². The third-order valence-electron chi connectivity index (χ3n) is 5.68. The highest BCUT2D eigenvalue weighted by Gasteiger charge is 2.43. The molecule has 1 aromatic heterocycles. The average molecular weight is 486 g/mol. The summed E-state index contributed by atoms with van der Waals surface area (Å²) in [6, 6.07) is 11.4. The van der Waals surface area contributed by atoms with Crippen molar-refractivity contribution in [1.82, 2.24) is 20.4 Å². The van der Waals surface area contributed by atoms with Crippen LogP contribution >= 0.6 is 23.2 Å². The Morgan fingerprint density at radius 1 is 1.15 bits per heavy atom. The Hall–Kier alpha value is -3.36. The van der Waals surface area contributed by atoms with Crippen LogP contribution in [0.15, 0.2) is 42.5 Å². The van der Waals surface area contributed by atoms with Crippen molar-refractivity contribution in [3.05, 3.63) is 75.0 Å². The quantitative estimate of drug-likeness (QED) is 0.474. The normalized spacial score (nSPS) is 17.6. The van der Waals surface area contributed by atoms with E-state index in [4.69, 9.17) is 23.2 Å². The Balaban J connectivity index is 1.54. The summed E-state index contributed by atoms with van der Waals surface area (Å²) in [5.41, 5.74) is 2.82. The van der Waals surface area contributed by atoms with Gasteiger partial charge in [0.2, 0.25) is 5.91 Å². The monoisotopic (exact) mass is 485 g/mol. The molecule has 8 nitrogen and oxygen atoms in total. The number of imide groups is 1. The van der Waals surface area contributed by atoms with Crippen molar-refractivity contribution >= 4 is 46.7 Å². The molecule has 1 aliphatic rings. The number of nitrogens with one attached hydrogen (secondary N) is 3. The molecule has 3 N–H and O–H groups in total. The van der Waals surface area contributed by atoms with Crippen LogP contribution < -0.4 is 16.0 Å². The number of anilines is 1. The standard InChI is InChI=1S/C23H21Cl2N5O3/c1-12-17(13(2)30(29-12)19-8-7-15(24)10-18(19)25)11-20(31)26-16-6-4-5-14(9-16)23(3)21(32)27-22(33)28-23/h4-10H,11H2,1-3H3,(H,26,31)(H2,27,28,32,33). The van der Waals surface area contributed by atoms with Crippen molar-refractivity contribution in [1.29, 1.82) is 0 Å². The predicted molar refractivity (Wildman–Crippen MR) is 126 cm³/mol. The van der Waals surface area contributed by atoms with E-state index >= 15 is 0 Å². The number of hydrogen-bond acceptors (Lipinski definition) is 4. The maximum Gasteiger partial charge on any atom is 0.322 e. The van der Waals surface area contributed by atoms with Gasteiger partial charge in [-0.25, -0.2) is 9.48 Å². The van der Waals surface area contributed by atoms with Crippen LogP contribution in [0.2, 0.25) is 10.0 Å². The molecule has 1 unspecified atom stereocenters. The minimum Gasteiger partial charge on any atom is -0.326 e. The molecule has 0 bridgehead atoms. The van der Waals surface area contributed by atoms with Crippen LogP contribution in [-0.2, 0) is 21.5 Å². The van der Waals surface area contributed by atoms with Gasteiger partial charge in [-0.05, 0) is 56.7 Å². The minimum atomic E-state index is -1.20. The molecule has 1 fully saturated rings. The van der Waals surface area contributed by atoms with Gasteiger partial charge in [-0.3, -0.25) is 14.9 Å². The van der Waals surface area contributed by atoms with Crippen molar-refractivity contribution in [3.8, 4) is 5.69 Å². The molecule has 10 heteroatoms. The smallest absolute Gasteiger partial charge is 0.322 e. The number of aryl methyl sites for hydroxylation is 1. The highest BCUT2D eigenvalue weighted by atomic mass is 35.5. The molecule has 33 heavy (non-hydrogen) atoms. The number of carbonyl (C=O) groups is 3. The summed E-state index contributed by atoms with van der Waals surface area (Å²) in [5.74, 6) is -0.694. The lowest BCUT2D eigenvalue weighted by Crippen LogP contribution is -2.40. The maximum absolute atomic E-state index is 12.8. The van der Waals surface area contributed by atoms with Gasteiger partial charge in [0, 0.05) is 22.0 Å². The molecule has 1 atom stereocenters. The molecule has 3 aromatic rings. The van der Waals surface area contributed by atoms with Gasteiger partial charge in [-0.15, -0.1) is 0 Å². The fourth-order valence-electron chi connectivity index (χ4n) is 3.84. The first-order chi connectivity index (χ1) is 15.6. The summed E-state index contributed by atoms with van der Waals surface area (Å²) in [6.07, 6.45) is 0.0988. The zero-order valence-corrected chi connectivity index (χ0v) is 19.6. The molecule has 4 rings (SSSR count). The number of hydrogen-bond donors (Lipinski definition) is 3. The molecule has 2 aromatic carbocycles. The fourth-order valence-corrected chi connectivity index (χ4v) is 4.33. The van der Waals surface area contributed by atoms with Crippen LogP contribution in [0, 0.1) is 13.8 Å². The number of amides is 4. The molecule has 2 heterocycles. The number of carbonyl (C=O) groups excluding carboxylic acids is 3. The van der Waals surface area contributed by atoms with Crippen molar-refractivity contribution in [2.24, 2.45) is 0 Å². The summed E-state index contributed by atoms with van der Waals surface area (Å²) in [5, 5.41) is 13.2. The topological polar surface area (TPSA) is 105 Å². The lowest BCUT2D eigenvalue weighted by Gasteiger charge is -2.21. The fraction of sp³-hybridized carbons (Fsp3) is 0.217. The van der Waals surface area contributed by atoms with Gasteiger partial charge < -0.3 is 10.6 Å². The second-order valence-corrected chi connectivity index (χ2v) is 8.84. The van der Waals surface area contributed by atoms with Gasteiger partial charge in [-0.1, -0.05) is 35.3 Å². The summed E-state index contributed by atoms with van der Waals surface area (Å²) in [7, 11) is 0. The molecular weight excluding hydrogens is 465 g/mol. The Bertz CT molecular complexity index is 1300. The first-order valence-corrected chi connectivity index (χ1v) is 10.9. The van der Waals surface area contributed by atoms with Crippen molar-refractivity contribution in [3.63, 3.8) is 0 Å². The number of nitrogens with zero attached hydrogens (tertiary/aromatic N) is 2. The van der Waals surface area contributed by atoms with Crippen molar-refractivity contribution < 1.29 is 14.4 Å². The zero-order chi connectivity index (χ0) is 23.9. The molecule has 0 aliphatic carbocycles. The van der Waals surface area contributed by atoms with E-state index in [2.05, 4.69) is 21.0 Å². The predicted octanol–water partition coefficient (Wildman–Crippen LogP) is 4.03. The van der Waals surface area contributed by atoms with Gasteiger partial charge in [0.1, 0.15) is 5.54 Å². The van der Waals surface area contributed by atoms with Crippen LogP contribution in [-0.4, -0.2) is 27.6 Å². The van der Waals surface area contributed by atoms with E-state index in [-0.39, 0.29) is 12.3 Å². The van der Waals surface area contributed by atoms with Crippen LogP contribution in [0.1, 0.15) is 29.4 Å². The summed E-state index contributed by atoms with van der Waals surface area (Å²) < 4.78 is 1.69. The van der Waals surface area contributed by atoms with E-state index in [1.807, 2.05) is 13.8 Å². The lowest BCUT2D eigenvalue weighted by molar-refractivity contribution is -0.123. The van der Waals surface area contributed by atoms with E-state index in [0.29, 0.717) is 32.7 Å². The van der Waals surface area contributed by atoms with Gasteiger partial charge in [-0.2, -0.15) is 5.10 Å². The van der Waals surface area contributed by atoms with Gasteiger partial charge in [0.25, 0.3) is 5.91 Å². The Labute approximate surface area is 200 Å². The van der Waals surface area contributed by atoms with E-state index in [9.17, 15) is 14.4 Å². The van der Waals surface area contributed by atoms with Gasteiger partial charge in [0.05, 0.1) is 22.8 Å². The van der Waals surface area contributed by atoms with E-state index in [0.717, 1.165) is 11.3 Å². The molecule has 0 spiro atoms. The van der Waals surface area contributed by atoms with Crippen molar-refractivity contribution in [2.75, 3.05) is 5.32 Å². The third kappa shape index (κ3) is 4.31. The lowest BCUT2D eigenvalue weighted by atomic mass is 9.92. The third-order valence-corrected chi connectivity index (χ3v) is 6.22. The zero-order valence-electron chi connectivity index (χ0n) is 18.1. The van der Waals surface area contributed by atoms with Crippen molar-refractivity contribution in [2.45, 2.75) is 32.7 Å².